The molecule has 4 aromatic rings. The zero-order valence-electron chi connectivity index (χ0n) is 18.0. The highest BCUT2D eigenvalue weighted by Gasteiger charge is 2.17. The molecule has 4 aromatic heterocycles. The number of hydrogen-bond donors (Lipinski definition) is 2. The van der Waals surface area contributed by atoms with Gasteiger partial charge in [0.25, 0.3) is 5.56 Å². The van der Waals surface area contributed by atoms with E-state index in [1.807, 2.05) is 24.3 Å². The Morgan fingerprint density at radius 2 is 1.97 bits per heavy atom. The van der Waals surface area contributed by atoms with Crippen LogP contribution in [0.1, 0.15) is 18.4 Å². The Balaban J connectivity index is 1.56. The molecule has 1 saturated heterocycles. The highest BCUT2D eigenvalue weighted by molar-refractivity contribution is 5.76. The zero-order valence-corrected chi connectivity index (χ0v) is 18.0. The third kappa shape index (κ3) is 4.68. The van der Waals surface area contributed by atoms with Crippen LogP contribution in [0.4, 0.5) is 5.82 Å². The van der Waals surface area contributed by atoms with E-state index in [0.717, 1.165) is 37.2 Å². The first-order valence-electron chi connectivity index (χ1n) is 10.9. The predicted octanol–water partition coefficient (Wildman–Crippen LogP) is 2.84. The van der Waals surface area contributed by atoms with Gasteiger partial charge in [-0.1, -0.05) is 6.07 Å². The van der Waals surface area contributed by atoms with Crippen molar-refractivity contribution < 1.29 is 9.84 Å². The van der Waals surface area contributed by atoms with E-state index < -0.39 is 0 Å². The van der Waals surface area contributed by atoms with Gasteiger partial charge in [0.05, 0.1) is 12.2 Å². The average molecular weight is 444 g/mol. The van der Waals surface area contributed by atoms with Crippen LogP contribution in [0.25, 0.3) is 22.4 Å². The molecule has 0 saturated carbocycles. The number of rotatable bonds is 6. The fourth-order valence-corrected chi connectivity index (χ4v) is 3.95. The summed E-state index contributed by atoms with van der Waals surface area (Å²) in [7, 11) is 0. The molecular weight excluding hydrogens is 420 g/mol. The van der Waals surface area contributed by atoms with Gasteiger partial charge in [0, 0.05) is 50.0 Å². The van der Waals surface area contributed by atoms with Gasteiger partial charge in [0.1, 0.15) is 5.52 Å². The van der Waals surface area contributed by atoms with Crippen LogP contribution in [0.5, 0.6) is 5.88 Å². The fourth-order valence-electron chi connectivity index (χ4n) is 3.95. The average Bonchev–Trinajstić information content (AvgIpc) is 2.86. The standard InChI is InChI=1S/C24H24N6O3/c31-21-6-3-18(14-26-21)19-4-5-20-23(29-19)30(15-17-2-1-9-25-12-17)24(32)22(28-20)27-13-16-7-10-33-11-8-16/h1-6,9,12,14,16H,7-8,10-11,13,15H2,(H,26,31)(H,27,28). The summed E-state index contributed by atoms with van der Waals surface area (Å²) in [5.74, 6) is 0.707. The molecule has 0 atom stereocenters. The number of anilines is 1. The molecule has 2 N–H and O–H groups in total. The van der Waals surface area contributed by atoms with Crippen LogP contribution >= 0.6 is 0 Å². The second-order valence-corrected chi connectivity index (χ2v) is 8.09. The smallest absolute Gasteiger partial charge is 0.295 e. The van der Waals surface area contributed by atoms with Crippen molar-refractivity contribution >= 4 is 17.0 Å². The molecule has 168 valence electrons. The Labute approximate surface area is 190 Å². The van der Waals surface area contributed by atoms with Crippen molar-refractivity contribution in [3.63, 3.8) is 0 Å². The molecule has 0 amide bonds. The van der Waals surface area contributed by atoms with E-state index in [-0.39, 0.29) is 11.4 Å². The number of ether oxygens (including phenoxy) is 1. The summed E-state index contributed by atoms with van der Waals surface area (Å²) in [5.41, 5.74) is 3.12. The number of hydrogen-bond acceptors (Lipinski definition) is 8. The van der Waals surface area contributed by atoms with Crippen LogP contribution in [0, 0.1) is 5.92 Å². The van der Waals surface area contributed by atoms with Crippen molar-refractivity contribution in [3.05, 3.63) is 70.9 Å². The van der Waals surface area contributed by atoms with Gasteiger partial charge in [-0.3, -0.25) is 14.3 Å². The van der Waals surface area contributed by atoms with E-state index in [0.29, 0.717) is 41.7 Å². The van der Waals surface area contributed by atoms with E-state index >= 15 is 0 Å². The van der Waals surface area contributed by atoms with E-state index in [9.17, 15) is 9.90 Å². The van der Waals surface area contributed by atoms with Gasteiger partial charge in [-0.25, -0.2) is 15.0 Å². The number of aromatic nitrogens is 5. The van der Waals surface area contributed by atoms with Gasteiger partial charge in [0.2, 0.25) is 5.88 Å². The molecule has 9 heteroatoms. The SMILES string of the molecule is O=c1c(NCC2CCOCC2)nc2ccc(-c3ccc(O)nc3)nc2n1Cc1cccnc1. The molecule has 0 spiro atoms. The molecule has 33 heavy (non-hydrogen) atoms. The first-order chi connectivity index (χ1) is 16.2. The van der Waals surface area contributed by atoms with Gasteiger partial charge in [-0.2, -0.15) is 0 Å². The third-order valence-corrected chi connectivity index (χ3v) is 5.80. The first-order valence-corrected chi connectivity index (χ1v) is 10.9. The highest BCUT2D eigenvalue weighted by Crippen LogP contribution is 2.22. The zero-order chi connectivity index (χ0) is 22.6. The van der Waals surface area contributed by atoms with Crippen molar-refractivity contribution in [3.8, 4) is 17.1 Å². The fraction of sp³-hybridized carbons (Fsp3) is 0.292. The summed E-state index contributed by atoms with van der Waals surface area (Å²) >= 11 is 0. The number of fused-ring (bicyclic) bond motifs is 1. The molecular formula is C24H24N6O3. The van der Waals surface area contributed by atoms with Crippen molar-refractivity contribution in [1.29, 1.82) is 0 Å². The number of nitrogens with one attached hydrogen (secondary N) is 1. The van der Waals surface area contributed by atoms with Gasteiger partial charge in [0.15, 0.2) is 11.5 Å². The number of nitrogens with zero attached hydrogens (tertiary/aromatic N) is 5. The molecule has 1 aliphatic heterocycles. The van der Waals surface area contributed by atoms with Gasteiger partial charge < -0.3 is 15.2 Å². The summed E-state index contributed by atoms with van der Waals surface area (Å²) in [6.45, 7) is 2.50. The Kier molecular flexibility index (Phi) is 5.95. The summed E-state index contributed by atoms with van der Waals surface area (Å²) in [6, 6.07) is 10.7. The van der Waals surface area contributed by atoms with Crippen LogP contribution in [-0.2, 0) is 11.3 Å². The van der Waals surface area contributed by atoms with Gasteiger partial charge in [-0.05, 0) is 48.6 Å². The molecule has 0 aliphatic carbocycles. The van der Waals surface area contributed by atoms with Gasteiger partial charge >= 0.3 is 0 Å². The van der Waals surface area contributed by atoms with E-state index in [1.165, 1.54) is 6.07 Å². The quantitative estimate of drug-likeness (QED) is 0.467. The Morgan fingerprint density at radius 1 is 1.09 bits per heavy atom. The minimum absolute atomic E-state index is 0.0602. The topological polar surface area (TPSA) is 115 Å². The van der Waals surface area contributed by atoms with E-state index in [2.05, 4.69) is 20.3 Å². The van der Waals surface area contributed by atoms with Crippen LogP contribution in [-0.4, -0.2) is 49.4 Å². The molecule has 0 unspecified atom stereocenters. The van der Waals surface area contributed by atoms with Gasteiger partial charge in [-0.15, -0.1) is 0 Å². The molecule has 0 radical (unpaired) electrons. The Morgan fingerprint density at radius 3 is 2.73 bits per heavy atom. The Bertz CT molecular complexity index is 1300. The maximum Gasteiger partial charge on any atom is 0.295 e. The minimum Gasteiger partial charge on any atom is -0.493 e. The first kappa shape index (κ1) is 21.0. The van der Waals surface area contributed by atoms with Crippen LogP contribution in [0.2, 0.25) is 0 Å². The maximum absolute atomic E-state index is 13.5. The number of aromatic hydroxyl groups is 1. The maximum atomic E-state index is 13.5. The summed E-state index contributed by atoms with van der Waals surface area (Å²) in [6.07, 6.45) is 6.92. The van der Waals surface area contributed by atoms with Crippen LogP contribution < -0.4 is 10.9 Å². The number of pyridine rings is 3. The van der Waals surface area contributed by atoms with Crippen LogP contribution in [0.15, 0.2) is 59.8 Å². The van der Waals surface area contributed by atoms with E-state index in [4.69, 9.17) is 9.72 Å². The Hall–Kier alpha value is -3.85. The molecule has 0 aromatic carbocycles. The lowest BCUT2D eigenvalue weighted by molar-refractivity contribution is 0.0699. The second kappa shape index (κ2) is 9.33. The van der Waals surface area contributed by atoms with Crippen molar-refractivity contribution in [2.24, 2.45) is 5.92 Å². The van der Waals surface area contributed by atoms with Crippen molar-refractivity contribution in [2.45, 2.75) is 19.4 Å². The second-order valence-electron chi connectivity index (χ2n) is 8.09. The largest absolute Gasteiger partial charge is 0.493 e. The predicted molar refractivity (Wildman–Crippen MR) is 124 cm³/mol. The molecule has 5 rings (SSSR count). The van der Waals surface area contributed by atoms with E-state index in [1.54, 1.807) is 29.2 Å². The molecule has 1 aliphatic rings. The van der Waals surface area contributed by atoms with Crippen molar-refractivity contribution in [2.75, 3.05) is 25.1 Å². The lowest BCUT2D eigenvalue weighted by atomic mass is 10.0. The molecule has 1 fully saturated rings. The summed E-state index contributed by atoms with van der Waals surface area (Å²) in [5, 5.41) is 12.8. The molecule has 5 heterocycles. The lowest BCUT2D eigenvalue weighted by Crippen LogP contribution is -2.29. The minimum atomic E-state index is -0.230. The lowest BCUT2D eigenvalue weighted by Gasteiger charge is -2.22. The van der Waals surface area contributed by atoms with Crippen LogP contribution in [0.3, 0.4) is 0 Å². The third-order valence-electron chi connectivity index (χ3n) is 5.80. The van der Waals surface area contributed by atoms with Crippen molar-refractivity contribution in [1.82, 2.24) is 24.5 Å². The monoisotopic (exact) mass is 444 g/mol. The normalized spacial score (nSPS) is 14.4. The molecule has 9 nitrogen and oxygen atoms in total. The summed E-state index contributed by atoms with van der Waals surface area (Å²) < 4.78 is 7.06. The summed E-state index contributed by atoms with van der Waals surface area (Å²) in [4.78, 5) is 30.9. The molecule has 0 bridgehead atoms. The highest BCUT2D eigenvalue weighted by atomic mass is 16.5.